The highest BCUT2D eigenvalue weighted by Gasteiger charge is 2.31. The van der Waals surface area contributed by atoms with Crippen LogP contribution in [-0.2, 0) is 0 Å². The number of rotatable bonds is 2. The van der Waals surface area contributed by atoms with Gasteiger partial charge in [0.2, 0.25) is 0 Å². The van der Waals surface area contributed by atoms with Crippen molar-refractivity contribution in [3.63, 3.8) is 0 Å². The quantitative estimate of drug-likeness (QED) is 0.754. The second-order valence-electron chi connectivity index (χ2n) is 3.83. The lowest BCUT2D eigenvalue weighted by Gasteiger charge is -2.09. The van der Waals surface area contributed by atoms with Crippen molar-refractivity contribution in [2.75, 3.05) is 0 Å². The molecule has 0 saturated heterocycles. The molecule has 1 aromatic heterocycles. The molecule has 106 valence electrons. The van der Waals surface area contributed by atoms with Gasteiger partial charge in [0.25, 0.3) is 0 Å². The fraction of sp³-hybridized carbons (Fsp3) is 0.167. The van der Waals surface area contributed by atoms with Crippen molar-refractivity contribution < 1.29 is 17.9 Å². The molecule has 0 bridgehead atoms. The lowest BCUT2D eigenvalue weighted by atomic mass is 10.2. The van der Waals surface area contributed by atoms with Gasteiger partial charge in [-0.25, -0.2) is 9.97 Å². The first kappa shape index (κ1) is 14.9. The van der Waals surface area contributed by atoms with E-state index in [1.54, 1.807) is 6.92 Å². The average Bonchev–Trinajstić information content (AvgIpc) is 2.34. The number of ether oxygens (including phenoxy) is 1. The first-order valence-corrected chi connectivity index (χ1v) is 6.07. The minimum atomic E-state index is -4.73. The molecule has 0 radical (unpaired) electrons. The Labute approximate surface area is 122 Å². The SMILES string of the molecule is Cc1c(Cl)nc(-c2ccc(OC(F)(F)F)cc2)nc1Cl. The highest BCUT2D eigenvalue weighted by atomic mass is 35.5. The molecule has 2 rings (SSSR count). The van der Waals surface area contributed by atoms with Crippen LogP contribution >= 0.6 is 23.2 Å². The monoisotopic (exact) mass is 322 g/mol. The molecule has 0 unspecified atom stereocenters. The van der Waals surface area contributed by atoms with Gasteiger partial charge in [-0.1, -0.05) is 23.2 Å². The molecule has 0 aliphatic rings. The van der Waals surface area contributed by atoms with Crippen LogP contribution in [-0.4, -0.2) is 16.3 Å². The average molecular weight is 323 g/mol. The minimum Gasteiger partial charge on any atom is -0.406 e. The number of halogens is 5. The predicted molar refractivity (Wildman–Crippen MR) is 68.9 cm³/mol. The van der Waals surface area contributed by atoms with Crippen molar-refractivity contribution >= 4 is 23.2 Å². The van der Waals surface area contributed by atoms with Gasteiger partial charge in [-0.2, -0.15) is 0 Å². The van der Waals surface area contributed by atoms with Gasteiger partial charge in [0.1, 0.15) is 16.1 Å². The Balaban J connectivity index is 2.31. The first-order valence-electron chi connectivity index (χ1n) is 5.32. The third kappa shape index (κ3) is 3.52. The molecule has 0 N–H and O–H groups in total. The van der Waals surface area contributed by atoms with Gasteiger partial charge >= 0.3 is 6.36 Å². The number of hydrogen-bond donors (Lipinski definition) is 0. The molecule has 2 aromatic rings. The van der Waals surface area contributed by atoms with Crippen LogP contribution < -0.4 is 4.74 Å². The summed E-state index contributed by atoms with van der Waals surface area (Å²) in [4.78, 5) is 8.03. The smallest absolute Gasteiger partial charge is 0.406 e. The van der Waals surface area contributed by atoms with Crippen molar-refractivity contribution in [2.45, 2.75) is 13.3 Å². The summed E-state index contributed by atoms with van der Waals surface area (Å²) in [5, 5.41) is 0.381. The molecule has 1 heterocycles. The summed E-state index contributed by atoms with van der Waals surface area (Å²) in [6, 6.07) is 5.10. The van der Waals surface area contributed by atoms with Crippen molar-refractivity contribution in [3.05, 3.63) is 40.1 Å². The summed E-state index contributed by atoms with van der Waals surface area (Å²) in [7, 11) is 0. The van der Waals surface area contributed by atoms with E-state index in [0.717, 1.165) is 12.1 Å². The highest BCUT2D eigenvalue weighted by molar-refractivity contribution is 6.34. The molecular formula is C12H7Cl2F3N2O. The third-order valence-electron chi connectivity index (χ3n) is 2.37. The third-order valence-corrected chi connectivity index (χ3v) is 3.11. The van der Waals surface area contributed by atoms with Gasteiger partial charge < -0.3 is 4.74 Å². The van der Waals surface area contributed by atoms with Crippen molar-refractivity contribution in [1.82, 2.24) is 9.97 Å². The highest BCUT2D eigenvalue weighted by Crippen LogP contribution is 2.27. The van der Waals surface area contributed by atoms with Crippen LogP contribution in [0.4, 0.5) is 13.2 Å². The molecular weight excluding hydrogens is 316 g/mol. The zero-order chi connectivity index (χ0) is 14.9. The Bertz CT molecular complexity index is 607. The fourth-order valence-corrected chi connectivity index (χ4v) is 1.79. The summed E-state index contributed by atoms with van der Waals surface area (Å²) in [5.41, 5.74) is 1.01. The summed E-state index contributed by atoms with van der Waals surface area (Å²) in [6.07, 6.45) is -4.73. The van der Waals surface area contributed by atoms with E-state index in [-0.39, 0.29) is 21.9 Å². The molecule has 8 heteroatoms. The Morgan fingerprint density at radius 3 is 1.95 bits per heavy atom. The Morgan fingerprint density at radius 2 is 1.50 bits per heavy atom. The van der Waals surface area contributed by atoms with Gasteiger partial charge in [-0.15, -0.1) is 13.2 Å². The fourth-order valence-electron chi connectivity index (χ4n) is 1.40. The summed E-state index contributed by atoms with van der Waals surface area (Å²) in [6.45, 7) is 1.66. The standard InChI is InChI=1S/C12H7Cl2F3N2O/c1-6-9(13)18-11(19-10(6)14)7-2-4-8(5-3-7)20-12(15,16)17/h2-5H,1H3. The Hall–Kier alpha value is -1.53. The van der Waals surface area contributed by atoms with E-state index < -0.39 is 6.36 Å². The molecule has 0 atom stereocenters. The Kier molecular flexibility index (Phi) is 4.06. The number of benzene rings is 1. The number of hydrogen-bond acceptors (Lipinski definition) is 3. The van der Waals surface area contributed by atoms with Crippen LogP contribution in [0.2, 0.25) is 10.3 Å². The van der Waals surface area contributed by atoms with Crippen LogP contribution in [0, 0.1) is 6.92 Å². The van der Waals surface area contributed by atoms with E-state index in [4.69, 9.17) is 23.2 Å². The Morgan fingerprint density at radius 1 is 1.00 bits per heavy atom. The number of alkyl halides is 3. The second kappa shape index (κ2) is 5.46. The molecule has 3 nitrogen and oxygen atoms in total. The lowest BCUT2D eigenvalue weighted by molar-refractivity contribution is -0.274. The molecule has 20 heavy (non-hydrogen) atoms. The van der Waals surface area contributed by atoms with Gasteiger partial charge in [0.15, 0.2) is 5.82 Å². The molecule has 0 aliphatic heterocycles. The number of nitrogens with zero attached hydrogens (tertiary/aromatic N) is 2. The van der Waals surface area contributed by atoms with E-state index in [0.29, 0.717) is 11.1 Å². The van der Waals surface area contributed by atoms with Crippen LogP contribution in [0.1, 0.15) is 5.56 Å². The van der Waals surface area contributed by atoms with E-state index in [9.17, 15) is 13.2 Å². The second-order valence-corrected chi connectivity index (χ2v) is 4.54. The zero-order valence-corrected chi connectivity index (χ0v) is 11.5. The van der Waals surface area contributed by atoms with Gasteiger partial charge in [-0.05, 0) is 31.2 Å². The molecule has 0 spiro atoms. The summed E-state index contributed by atoms with van der Waals surface area (Å²) >= 11 is 11.8. The molecule has 0 aliphatic carbocycles. The van der Waals surface area contributed by atoms with Crippen LogP contribution in [0.3, 0.4) is 0 Å². The van der Waals surface area contributed by atoms with Crippen LogP contribution in [0.25, 0.3) is 11.4 Å². The van der Waals surface area contributed by atoms with Gasteiger partial charge in [0.05, 0.1) is 0 Å². The molecule has 1 aromatic carbocycles. The lowest BCUT2D eigenvalue weighted by Crippen LogP contribution is -2.16. The largest absolute Gasteiger partial charge is 0.573 e. The maximum atomic E-state index is 12.0. The van der Waals surface area contributed by atoms with Crippen molar-refractivity contribution in [2.24, 2.45) is 0 Å². The topological polar surface area (TPSA) is 35.0 Å². The first-order chi connectivity index (χ1) is 9.26. The van der Waals surface area contributed by atoms with Crippen LogP contribution in [0.15, 0.2) is 24.3 Å². The summed E-state index contributed by atoms with van der Waals surface area (Å²) < 4.78 is 39.9. The number of aromatic nitrogens is 2. The summed E-state index contributed by atoms with van der Waals surface area (Å²) in [5.74, 6) is -0.102. The van der Waals surface area contributed by atoms with E-state index >= 15 is 0 Å². The zero-order valence-electron chi connectivity index (χ0n) is 10.0. The molecule has 0 saturated carbocycles. The van der Waals surface area contributed by atoms with Crippen molar-refractivity contribution in [3.8, 4) is 17.1 Å². The normalized spacial score (nSPS) is 11.5. The van der Waals surface area contributed by atoms with E-state index in [2.05, 4.69) is 14.7 Å². The van der Waals surface area contributed by atoms with Crippen LogP contribution in [0.5, 0.6) is 5.75 Å². The van der Waals surface area contributed by atoms with E-state index in [1.807, 2.05) is 0 Å². The molecule has 0 amide bonds. The van der Waals surface area contributed by atoms with Crippen molar-refractivity contribution in [1.29, 1.82) is 0 Å². The van der Waals surface area contributed by atoms with Gasteiger partial charge in [-0.3, -0.25) is 0 Å². The maximum absolute atomic E-state index is 12.0. The maximum Gasteiger partial charge on any atom is 0.573 e. The predicted octanol–water partition coefficient (Wildman–Crippen LogP) is 4.66. The molecule has 0 fully saturated rings. The van der Waals surface area contributed by atoms with E-state index in [1.165, 1.54) is 12.1 Å². The minimum absolute atomic E-state index is 0.190. The van der Waals surface area contributed by atoms with Gasteiger partial charge in [0, 0.05) is 11.1 Å².